The Hall–Kier alpha value is -4.46. The molecule has 1 unspecified atom stereocenters. The third-order valence-electron chi connectivity index (χ3n) is 5.98. The molecule has 0 saturated heterocycles. The fourth-order valence-corrected chi connectivity index (χ4v) is 4.12. The predicted molar refractivity (Wildman–Crippen MR) is 131 cm³/mol. The lowest BCUT2D eigenvalue weighted by Gasteiger charge is -2.29. The summed E-state index contributed by atoms with van der Waals surface area (Å²) in [6.07, 6.45) is 1.46. The van der Waals surface area contributed by atoms with Crippen molar-refractivity contribution >= 4 is 17.5 Å². The molecule has 4 aromatic rings. The zero-order valence-electron chi connectivity index (χ0n) is 19.3. The fourth-order valence-electron chi connectivity index (χ4n) is 4.12. The first-order valence-electron chi connectivity index (χ1n) is 11.2. The van der Waals surface area contributed by atoms with Crippen LogP contribution < -0.4 is 15.4 Å². The fraction of sp³-hybridized carbons (Fsp3) is 0.148. The van der Waals surface area contributed by atoms with Crippen LogP contribution in [0.2, 0.25) is 0 Å². The average molecular weight is 470 g/mol. The minimum Gasteiger partial charge on any atom is -0.489 e. The second-order valence-electron chi connectivity index (χ2n) is 8.31. The summed E-state index contributed by atoms with van der Waals surface area (Å²) in [4.78, 5) is 17.8. The Bertz CT molecular complexity index is 1410. The van der Waals surface area contributed by atoms with Crippen LogP contribution in [0.1, 0.15) is 29.7 Å². The molecule has 7 nitrogen and oxygen atoms in total. The second-order valence-corrected chi connectivity index (χ2v) is 8.31. The van der Waals surface area contributed by atoms with E-state index in [1.165, 1.54) is 12.4 Å². The van der Waals surface area contributed by atoms with Gasteiger partial charge in [-0.05, 0) is 49.2 Å². The van der Waals surface area contributed by atoms with Crippen LogP contribution in [-0.4, -0.2) is 20.7 Å². The van der Waals surface area contributed by atoms with E-state index in [4.69, 9.17) is 4.74 Å². The minimum atomic E-state index is -0.488. The van der Waals surface area contributed by atoms with Crippen LogP contribution in [0.25, 0.3) is 0 Å². The maximum Gasteiger partial charge on any atom is 0.255 e. The maximum absolute atomic E-state index is 13.9. The van der Waals surface area contributed by atoms with Gasteiger partial charge in [-0.3, -0.25) is 4.79 Å². The lowest BCUT2D eigenvalue weighted by molar-refractivity contribution is -0.113. The molecule has 0 aliphatic carbocycles. The number of nitrogens with one attached hydrogen (secondary N) is 2. The first-order valence-corrected chi connectivity index (χ1v) is 11.2. The summed E-state index contributed by atoms with van der Waals surface area (Å²) >= 11 is 0. The van der Waals surface area contributed by atoms with Gasteiger partial charge >= 0.3 is 0 Å². The van der Waals surface area contributed by atoms with Crippen LogP contribution in [0.15, 0.2) is 90.4 Å². The molecular weight excluding hydrogens is 445 g/mol. The topological polar surface area (TPSA) is 81.1 Å². The molecule has 176 valence electrons. The van der Waals surface area contributed by atoms with Crippen LogP contribution in [0.4, 0.5) is 16.0 Å². The third kappa shape index (κ3) is 4.50. The van der Waals surface area contributed by atoms with Gasteiger partial charge in [-0.2, -0.15) is 10.1 Å². The number of allylic oxidation sites excluding steroid dienone is 1. The number of benzene rings is 3. The molecule has 0 spiro atoms. The molecule has 1 aliphatic heterocycles. The molecule has 5 rings (SSSR count). The summed E-state index contributed by atoms with van der Waals surface area (Å²) in [5.74, 6) is 0.619. The van der Waals surface area contributed by atoms with Crippen molar-refractivity contribution in [3.05, 3.63) is 113 Å². The van der Waals surface area contributed by atoms with E-state index in [9.17, 15) is 9.18 Å². The molecule has 2 N–H and O–H groups in total. The summed E-state index contributed by atoms with van der Waals surface area (Å²) < 4.78 is 21.4. The molecule has 1 aliphatic rings. The van der Waals surface area contributed by atoms with Crippen molar-refractivity contribution < 1.29 is 13.9 Å². The maximum atomic E-state index is 13.9. The van der Waals surface area contributed by atoms with E-state index < -0.39 is 6.04 Å². The van der Waals surface area contributed by atoms with Crippen LogP contribution in [0.3, 0.4) is 0 Å². The highest BCUT2D eigenvalue weighted by molar-refractivity contribution is 6.06. The van der Waals surface area contributed by atoms with E-state index >= 15 is 0 Å². The minimum absolute atomic E-state index is 0.121. The van der Waals surface area contributed by atoms with E-state index in [1.54, 1.807) is 35.0 Å². The Morgan fingerprint density at radius 3 is 2.57 bits per heavy atom. The molecule has 2 heterocycles. The SMILES string of the molecule is CC1=C(C(=O)Nc2ccccc2C)C(c2ccc(OCc3ccccc3F)cc2)n2ncnc2N1. The molecule has 1 aromatic heterocycles. The number of halogens is 1. The van der Waals surface area contributed by atoms with Crippen LogP contribution in [0, 0.1) is 12.7 Å². The standard InChI is InChI=1S/C27H24FN5O2/c1-17-7-3-6-10-23(17)32-26(34)24-18(2)31-27-29-16-30-33(27)25(24)19-11-13-21(14-12-19)35-15-20-8-4-5-9-22(20)28/h3-14,16,25H,15H2,1-2H3,(H,32,34)(H,29,30,31). The number of fused-ring (bicyclic) bond motifs is 1. The number of nitrogens with zero attached hydrogens (tertiary/aromatic N) is 3. The van der Waals surface area contributed by atoms with Gasteiger partial charge in [0.2, 0.25) is 5.95 Å². The van der Waals surface area contributed by atoms with Crippen molar-refractivity contribution in [3.63, 3.8) is 0 Å². The van der Waals surface area contributed by atoms with E-state index in [0.29, 0.717) is 28.5 Å². The van der Waals surface area contributed by atoms with Gasteiger partial charge in [-0.1, -0.05) is 48.5 Å². The van der Waals surface area contributed by atoms with E-state index in [1.807, 2.05) is 50.2 Å². The number of hydrogen-bond acceptors (Lipinski definition) is 5. The number of aryl methyl sites for hydroxylation is 1. The summed E-state index contributed by atoms with van der Waals surface area (Å²) in [5.41, 5.74) is 4.27. The molecule has 0 fully saturated rings. The van der Waals surface area contributed by atoms with Crippen molar-refractivity contribution in [1.29, 1.82) is 0 Å². The molecule has 8 heteroatoms. The number of aromatic nitrogens is 3. The van der Waals surface area contributed by atoms with Gasteiger partial charge in [0.1, 0.15) is 30.5 Å². The highest BCUT2D eigenvalue weighted by Gasteiger charge is 2.33. The number of hydrogen-bond donors (Lipinski definition) is 2. The van der Waals surface area contributed by atoms with Crippen LogP contribution >= 0.6 is 0 Å². The highest BCUT2D eigenvalue weighted by atomic mass is 19.1. The van der Waals surface area contributed by atoms with Crippen molar-refractivity contribution in [2.45, 2.75) is 26.5 Å². The number of anilines is 2. The Morgan fingerprint density at radius 1 is 1.06 bits per heavy atom. The predicted octanol–water partition coefficient (Wildman–Crippen LogP) is 5.23. The molecule has 0 radical (unpaired) electrons. The lowest BCUT2D eigenvalue weighted by atomic mass is 9.95. The molecule has 0 saturated carbocycles. The van der Waals surface area contributed by atoms with E-state index in [0.717, 1.165) is 16.8 Å². The van der Waals surface area contributed by atoms with Crippen molar-refractivity contribution in [2.75, 3.05) is 10.6 Å². The number of ether oxygens (including phenoxy) is 1. The molecule has 0 bridgehead atoms. The first-order chi connectivity index (χ1) is 17.0. The Morgan fingerprint density at radius 2 is 1.80 bits per heavy atom. The van der Waals surface area contributed by atoms with E-state index in [2.05, 4.69) is 20.7 Å². The number of amides is 1. The Labute approximate surface area is 202 Å². The summed E-state index contributed by atoms with van der Waals surface area (Å²) in [7, 11) is 0. The number of carbonyl (C=O) groups excluding carboxylic acids is 1. The van der Waals surface area contributed by atoms with Gasteiger partial charge in [0.05, 0.1) is 5.57 Å². The zero-order chi connectivity index (χ0) is 24.4. The average Bonchev–Trinajstić information content (AvgIpc) is 3.32. The largest absolute Gasteiger partial charge is 0.489 e. The molecule has 1 atom stereocenters. The lowest BCUT2D eigenvalue weighted by Crippen LogP contribution is -2.31. The molecule has 35 heavy (non-hydrogen) atoms. The van der Waals surface area contributed by atoms with Gasteiger partial charge < -0.3 is 15.4 Å². The van der Waals surface area contributed by atoms with Crippen molar-refractivity contribution in [3.8, 4) is 5.75 Å². The zero-order valence-corrected chi connectivity index (χ0v) is 19.3. The molecular formula is C27H24FN5O2. The summed E-state index contributed by atoms with van der Waals surface area (Å²) in [6.45, 7) is 3.92. The number of para-hydroxylation sites is 1. The number of carbonyl (C=O) groups is 1. The number of rotatable bonds is 6. The van der Waals surface area contributed by atoms with Crippen molar-refractivity contribution in [1.82, 2.24) is 14.8 Å². The van der Waals surface area contributed by atoms with E-state index in [-0.39, 0.29) is 18.3 Å². The highest BCUT2D eigenvalue weighted by Crippen LogP contribution is 2.36. The second kappa shape index (κ2) is 9.42. The third-order valence-corrected chi connectivity index (χ3v) is 5.98. The van der Waals surface area contributed by atoms with Gasteiger partial charge in [0.15, 0.2) is 0 Å². The molecule has 1 amide bonds. The normalized spacial score (nSPS) is 14.8. The van der Waals surface area contributed by atoms with Gasteiger partial charge in [-0.15, -0.1) is 0 Å². The van der Waals surface area contributed by atoms with Crippen molar-refractivity contribution in [2.24, 2.45) is 0 Å². The first kappa shape index (κ1) is 22.3. The molecule has 3 aromatic carbocycles. The van der Waals surface area contributed by atoms with Crippen LogP contribution in [0.5, 0.6) is 5.75 Å². The smallest absolute Gasteiger partial charge is 0.255 e. The van der Waals surface area contributed by atoms with Crippen LogP contribution in [-0.2, 0) is 11.4 Å². The van der Waals surface area contributed by atoms with Gasteiger partial charge in [-0.25, -0.2) is 9.07 Å². The Kier molecular flexibility index (Phi) is 6.01. The summed E-state index contributed by atoms with van der Waals surface area (Å²) in [6, 6.07) is 21.0. The monoisotopic (exact) mass is 469 g/mol. The summed E-state index contributed by atoms with van der Waals surface area (Å²) in [5, 5.41) is 10.6. The quantitative estimate of drug-likeness (QED) is 0.404. The van der Waals surface area contributed by atoms with Gasteiger partial charge in [0, 0.05) is 16.9 Å². The Balaban J connectivity index is 1.42. The van der Waals surface area contributed by atoms with Gasteiger partial charge in [0.25, 0.3) is 5.91 Å².